The van der Waals surface area contributed by atoms with Crippen LogP contribution in [0, 0.1) is 15.5 Å². The van der Waals surface area contributed by atoms with Gasteiger partial charge in [-0.15, -0.1) is 0 Å². The lowest BCUT2D eigenvalue weighted by molar-refractivity contribution is -0.497. The van der Waals surface area contributed by atoms with Crippen molar-refractivity contribution in [1.82, 2.24) is 0 Å². The summed E-state index contributed by atoms with van der Waals surface area (Å²) in [5.74, 6) is 0.172. The maximum Gasteiger partial charge on any atom is 0.209 e. The lowest BCUT2D eigenvalue weighted by Crippen LogP contribution is -2.32. The molecule has 0 N–H and O–H groups in total. The summed E-state index contributed by atoms with van der Waals surface area (Å²) in [6, 6.07) is 0. The summed E-state index contributed by atoms with van der Waals surface area (Å²) >= 11 is 0. The predicted molar refractivity (Wildman–Crippen MR) is 43.4 cm³/mol. The predicted octanol–water partition coefficient (Wildman–Crippen LogP) is 1.41. The average Bonchev–Trinajstić information content (AvgIpc) is 1.82. The van der Waals surface area contributed by atoms with Gasteiger partial charge in [-0.3, -0.25) is 14.9 Å². The van der Waals surface area contributed by atoms with Crippen LogP contribution in [-0.2, 0) is 4.79 Å². The highest BCUT2D eigenvalue weighted by Gasteiger charge is 2.35. The molecule has 0 aromatic carbocycles. The summed E-state index contributed by atoms with van der Waals surface area (Å²) < 4.78 is 0. The van der Waals surface area contributed by atoms with Gasteiger partial charge in [0.05, 0.1) is 0 Å². The highest BCUT2D eigenvalue weighted by atomic mass is 16.6. The second-order valence-corrected chi connectivity index (χ2v) is 3.87. The van der Waals surface area contributed by atoms with Gasteiger partial charge in [0.15, 0.2) is 0 Å². The van der Waals surface area contributed by atoms with Crippen LogP contribution in [0.2, 0.25) is 0 Å². The van der Waals surface area contributed by atoms with E-state index < -0.39 is 0 Å². The molecule has 0 radical (unpaired) electrons. The van der Waals surface area contributed by atoms with Gasteiger partial charge >= 0.3 is 0 Å². The Bertz CT molecular complexity index is 210. The van der Waals surface area contributed by atoms with Crippen LogP contribution in [0.5, 0.6) is 0 Å². The normalized spacial score (nSPS) is 30.2. The summed E-state index contributed by atoms with van der Waals surface area (Å²) in [5, 5.41) is 10.3. The van der Waals surface area contributed by atoms with Gasteiger partial charge in [-0.25, -0.2) is 0 Å². The molecule has 0 saturated heterocycles. The van der Waals surface area contributed by atoms with Crippen molar-refractivity contribution < 1.29 is 9.72 Å². The van der Waals surface area contributed by atoms with Crippen molar-refractivity contribution in [3.8, 4) is 0 Å². The lowest BCUT2D eigenvalue weighted by Gasteiger charge is -2.28. The molecule has 12 heavy (non-hydrogen) atoms. The second-order valence-electron chi connectivity index (χ2n) is 3.87. The van der Waals surface area contributed by atoms with Crippen molar-refractivity contribution in [1.29, 1.82) is 0 Å². The zero-order valence-electron chi connectivity index (χ0n) is 7.21. The Labute approximate surface area is 71.1 Å². The Hall–Kier alpha value is -0.930. The Morgan fingerprint density at radius 2 is 2.33 bits per heavy atom. The van der Waals surface area contributed by atoms with E-state index in [1.807, 2.05) is 6.92 Å². The fraction of sp³-hybridized carbons (Fsp3) is 0.875. The molecule has 4 nitrogen and oxygen atoms in total. The van der Waals surface area contributed by atoms with Crippen molar-refractivity contribution >= 4 is 5.78 Å². The minimum Gasteiger partial charge on any atom is -0.300 e. The number of rotatable bonds is 2. The molecule has 1 saturated carbocycles. The van der Waals surface area contributed by atoms with E-state index in [9.17, 15) is 14.9 Å². The molecule has 68 valence electrons. The van der Waals surface area contributed by atoms with Crippen molar-refractivity contribution in [2.45, 2.75) is 32.6 Å². The van der Waals surface area contributed by atoms with Gasteiger partial charge in [-0.2, -0.15) is 0 Å². The number of hydrogen-bond donors (Lipinski definition) is 0. The Morgan fingerprint density at radius 3 is 2.83 bits per heavy atom. The fourth-order valence-electron chi connectivity index (χ4n) is 1.81. The van der Waals surface area contributed by atoms with E-state index >= 15 is 0 Å². The Morgan fingerprint density at radius 1 is 1.67 bits per heavy atom. The van der Waals surface area contributed by atoms with Crippen LogP contribution in [0.1, 0.15) is 32.6 Å². The smallest absolute Gasteiger partial charge is 0.209 e. The van der Waals surface area contributed by atoms with Gasteiger partial charge in [0.25, 0.3) is 0 Å². The summed E-state index contributed by atoms with van der Waals surface area (Å²) in [4.78, 5) is 21.0. The average molecular weight is 171 g/mol. The molecular weight excluding hydrogens is 158 g/mol. The minimum absolute atomic E-state index is 0.0707. The summed E-state index contributed by atoms with van der Waals surface area (Å²) in [6.45, 7) is 1.76. The monoisotopic (exact) mass is 171 g/mol. The van der Waals surface area contributed by atoms with Gasteiger partial charge < -0.3 is 0 Å². The van der Waals surface area contributed by atoms with E-state index in [0.29, 0.717) is 12.8 Å². The molecule has 0 amide bonds. The minimum atomic E-state index is -0.376. The van der Waals surface area contributed by atoms with Crippen molar-refractivity contribution in [3.05, 3.63) is 10.1 Å². The second kappa shape index (κ2) is 3.21. The third-order valence-corrected chi connectivity index (χ3v) is 2.37. The van der Waals surface area contributed by atoms with Crippen molar-refractivity contribution in [2.75, 3.05) is 6.54 Å². The number of hydrogen-bond acceptors (Lipinski definition) is 3. The molecule has 0 unspecified atom stereocenters. The summed E-state index contributed by atoms with van der Waals surface area (Å²) in [7, 11) is 0. The molecule has 0 bridgehead atoms. The molecular formula is C8H13NO3. The quantitative estimate of drug-likeness (QED) is 0.466. The van der Waals surface area contributed by atoms with E-state index in [1.165, 1.54) is 0 Å². The number of ketones is 1. The molecule has 1 atom stereocenters. The van der Waals surface area contributed by atoms with Crippen LogP contribution in [0.15, 0.2) is 0 Å². The number of carbonyl (C=O) groups excluding carboxylic acids is 1. The van der Waals surface area contributed by atoms with Gasteiger partial charge in [0, 0.05) is 23.2 Å². The number of nitrogens with zero attached hydrogens (tertiary/aromatic N) is 1. The zero-order chi connectivity index (χ0) is 9.19. The van der Waals surface area contributed by atoms with Crippen LogP contribution in [0.25, 0.3) is 0 Å². The van der Waals surface area contributed by atoms with Crippen LogP contribution < -0.4 is 0 Å². The van der Waals surface area contributed by atoms with E-state index in [4.69, 9.17) is 0 Å². The van der Waals surface area contributed by atoms with Gasteiger partial charge in [0.1, 0.15) is 5.78 Å². The van der Waals surface area contributed by atoms with Crippen LogP contribution >= 0.6 is 0 Å². The van der Waals surface area contributed by atoms with E-state index in [2.05, 4.69) is 0 Å². The molecule has 1 fully saturated rings. The van der Waals surface area contributed by atoms with E-state index in [0.717, 1.165) is 12.8 Å². The Kier molecular flexibility index (Phi) is 2.45. The molecule has 0 aromatic rings. The summed E-state index contributed by atoms with van der Waals surface area (Å²) in [5.41, 5.74) is -0.376. The zero-order valence-corrected chi connectivity index (χ0v) is 7.21. The van der Waals surface area contributed by atoms with Crippen LogP contribution in [0.4, 0.5) is 0 Å². The highest BCUT2D eigenvalue weighted by Crippen LogP contribution is 2.33. The maximum atomic E-state index is 11.0. The largest absolute Gasteiger partial charge is 0.300 e. The molecule has 0 aromatic heterocycles. The SMILES string of the molecule is C[C@]1(C[N+](=O)[O-])CCCC(=O)C1. The lowest BCUT2D eigenvalue weighted by atomic mass is 9.75. The van der Waals surface area contributed by atoms with Crippen LogP contribution in [-0.4, -0.2) is 17.3 Å². The van der Waals surface area contributed by atoms with Gasteiger partial charge in [-0.1, -0.05) is 6.92 Å². The van der Waals surface area contributed by atoms with Gasteiger partial charge in [0.2, 0.25) is 6.54 Å². The first kappa shape index (κ1) is 9.16. The van der Waals surface area contributed by atoms with Crippen molar-refractivity contribution in [2.24, 2.45) is 5.41 Å². The molecule has 0 spiro atoms. The number of nitro groups is 1. The molecule has 1 aliphatic rings. The molecule has 4 heteroatoms. The topological polar surface area (TPSA) is 60.2 Å². The third kappa shape index (κ3) is 2.29. The number of carbonyl (C=O) groups is 1. The molecule has 0 aliphatic heterocycles. The van der Waals surface area contributed by atoms with E-state index in [-0.39, 0.29) is 22.7 Å². The highest BCUT2D eigenvalue weighted by molar-refractivity contribution is 5.79. The van der Waals surface area contributed by atoms with Crippen molar-refractivity contribution in [3.63, 3.8) is 0 Å². The Balaban J connectivity index is 2.57. The van der Waals surface area contributed by atoms with E-state index in [1.54, 1.807) is 0 Å². The van der Waals surface area contributed by atoms with Gasteiger partial charge in [-0.05, 0) is 12.8 Å². The fourth-order valence-corrected chi connectivity index (χ4v) is 1.81. The first-order valence-corrected chi connectivity index (χ1v) is 4.15. The molecule has 1 aliphatic carbocycles. The molecule has 1 rings (SSSR count). The van der Waals surface area contributed by atoms with Crippen LogP contribution in [0.3, 0.4) is 0 Å². The molecule has 0 heterocycles. The summed E-state index contributed by atoms with van der Waals surface area (Å²) in [6.07, 6.45) is 2.60. The first-order valence-electron chi connectivity index (χ1n) is 4.15. The standard InChI is InChI=1S/C8H13NO3/c1-8(6-9(11)12)4-2-3-7(10)5-8/h2-6H2,1H3/t8-/m0/s1. The number of Topliss-reactive ketones (excluding diaryl/α,β-unsaturated/α-hetero) is 1. The third-order valence-electron chi connectivity index (χ3n) is 2.37. The maximum absolute atomic E-state index is 11.0. The first-order chi connectivity index (χ1) is 5.52.